The van der Waals surface area contributed by atoms with Gasteiger partial charge in [0.25, 0.3) is 0 Å². The number of aromatic nitrogens is 2. The van der Waals surface area contributed by atoms with Crippen LogP contribution in [0, 0.1) is 6.92 Å². The smallest absolute Gasteiger partial charge is 0.136 e. The molecule has 1 aliphatic rings. The number of hydrogen-bond donors (Lipinski definition) is 1. The maximum atomic E-state index is 9.64. The number of rotatable bonds is 2. The molecule has 0 spiro atoms. The van der Waals surface area contributed by atoms with E-state index in [0.29, 0.717) is 5.92 Å². The van der Waals surface area contributed by atoms with Gasteiger partial charge in [0.2, 0.25) is 0 Å². The zero-order valence-electron chi connectivity index (χ0n) is 11.3. The highest BCUT2D eigenvalue weighted by molar-refractivity contribution is 5.39. The Labute approximate surface area is 113 Å². The predicted molar refractivity (Wildman–Crippen MR) is 74.0 cm³/mol. The topological polar surface area (TPSA) is 46.0 Å². The lowest BCUT2D eigenvalue weighted by molar-refractivity contribution is 0.197. The molecule has 3 heteroatoms. The van der Waals surface area contributed by atoms with Crippen LogP contribution in [0.2, 0.25) is 0 Å². The third kappa shape index (κ3) is 2.15. The summed E-state index contributed by atoms with van der Waals surface area (Å²) in [6.07, 6.45) is 3.43. The number of fused-ring (bicyclic) bond motifs is 1. The van der Waals surface area contributed by atoms with Gasteiger partial charge in [0.15, 0.2) is 0 Å². The van der Waals surface area contributed by atoms with Crippen molar-refractivity contribution in [2.24, 2.45) is 0 Å². The molecule has 0 radical (unpaired) electrons. The highest BCUT2D eigenvalue weighted by Gasteiger charge is 2.26. The molecule has 1 aliphatic carbocycles. The van der Waals surface area contributed by atoms with Crippen molar-refractivity contribution in [3.63, 3.8) is 0 Å². The lowest BCUT2D eigenvalue weighted by atomic mass is 10.00. The molecule has 1 heterocycles. The van der Waals surface area contributed by atoms with Gasteiger partial charge in [0, 0.05) is 23.4 Å². The first-order valence-corrected chi connectivity index (χ1v) is 6.76. The second kappa shape index (κ2) is 4.74. The standard InChI is InChI=1S/C16H18N2O/c1-10-15(11(2)19)9-17-16(18-10)14-8-7-12-5-3-4-6-13(12)14/h3-6,9,11,14,19H,7-8H2,1-2H3/t11-,14?/m1/s1. The SMILES string of the molecule is Cc1nc(C2CCc3ccccc32)ncc1[C@@H](C)O. The van der Waals surface area contributed by atoms with E-state index in [0.717, 1.165) is 29.9 Å². The molecule has 1 N–H and O–H groups in total. The quantitative estimate of drug-likeness (QED) is 0.896. The lowest BCUT2D eigenvalue weighted by Gasteiger charge is -2.13. The summed E-state index contributed by atoms with van der Waals surface area (Å²) < 4.78 is 0. The van der Waals surface area contributed by atoms with E-state index in [1.165, 1.54) is 11.1 Å². The third-order valence-electron chi connectivity index (χ3n) is 3.93. The van der Waals surface area contributed by atoms with Crippen molar-refractivity contribution in [2.45, 2.75) is 38.7 Å². The van der Waals surface area contributed by atoms with Crippen molar-refractivity contribution in [1.29, 1.82) is 0 Å². The summed E-state index contributed by atoms with van der Waals surface area (Å²) in [6.45, 7) is 3.68. The zero-order valence-corrected chi connectivity index (χ0v) is 11.3. The molecule has 0 aliphatic heterocycles. The molecular formula is C16H18N2O. The fourth-order valence-corrected chi connectivity index (χ4v) is 2.90. The van der Waals surface area contributed by atoms with Crippen LogP contribution < -0.4 is 0 Å². The van der Waals surface area contributed by atoms with Crippen molar-refractivity contribution in [3.05, 3.63) is 58.7 Å². The Morgan fingerprint density at radius 3 is 2.84 bits per heavy atom. The van der Waals surface area contributed by atoms with E-state index in [1.807, 2.05) is 6.92 Å². The van der Waals surface area contributed by atoms with Crippen LogP contribution >= 0.6 is 0 Å². The molecule has 19 heavy (non-hydrogen) atoms. The highest BCUT2D eigenvalue weighted by Crippen LogP contribution is 2.36. The molecule has 3 nitrogen and oxygen atoms in total. The van der Waals surface area contributed by atoms with E-state index in [4.69, 9.17) is 0 Å². The fourth-order valence-electron chi connectivity index (χ4n) is 2.90. The third-order valence-corrected chi connectivity index (χ3v) is 3.93. The Kier molecular flexibility index (Phi) is 3.07. The van der Waals surface area contributed by atoms with Gasteiger partial charge >= 0.3 is 0 Å². The first-order valence-electron chi connectivity index (χ1n) is 6.76. The number of aliphatic hydroxyl groups is 1. The first kappa shape index (κ1) is 12.3. The summed E-state index contributed by atoms with van der Waals surface area (Å²) in [6, 6.07) is 8.53. The van der Waals surface area contributed by atoms with Crippen LogP contribution in [0.3, 0.4) is 0 Å². The van der Waals surface area contributed by atoms with Gasteiger partial charge in [-0.15, -0.1) is 0 Å². The molecule has 0 fully saturated rings. The second-order valence-electron chi connectivity index (χ2n) is 5.24. The van der Waals surface area contributed by atoms with Crippen molar-refractivity contribution >= 4 is 0 Å². The number of aliphatic hydroxyl groups excluding tert-OH is 1. The molecule has 0 amide bonds. The predicted octanol–water partition coefficient (Wildman–Crippen LogP) is 2.92. The van der Waals surface area contributed by atoms with E-state index in [2.05, 4.69) is 34.2 Å². The molecule has 0 saturated heterocycles. The minimum atomic E-state index is -0.509. The minimum Gasteiger partial charge on any atom is -0.389 e. The monoisotopic (exact) mass is 254 g/mol. The van der Waals surface area contributed by atoms with Gasteiger partial charge in [-0.1, -0.05) is 24.3 Å². The Morgan fingerprint density at radius 1 is 1.32 bits per heavy atom. The van der Waals surface area contributed by atoms with E-state index in [1.54, 1.807) is 13.1 Å². The van der Waals surface area contributed by atoms with Crippen LogP contribution in [0.1, 0.15) is 53.6 Å². The van der Waals surface area contributed by atoms with Crippen LogP contribution in [-0.2, 0) is 6.42 Å². The van der Waals surface area contributed by atoms with Gasteiger partial charge in [-0.2, -0.15) is 0 Å². The van der Waals surface area contributed by atoms with Crippen LogP contribution in [-0.4, -0.2) is 15.1 Å². The van der Waals surface area contributed by atoms with Gasteiger partial charge < -0.3 is 5.11 Å². The molecule has 98 valence electrons. The van der Waals surface area contributed by atoms with E-state index < -0.39 is 6.10 Å². The summed E-state index contributed by atoms with van der Waals surface area (Å²) in [7, 11) is 0. The number of hydrogen-bond acceptors (Lipinski definition) is 3. The normalized spacial score (nSPS) is 19.2. The Hall–Kier alpha value is -1.74. The Morgan fingerprint density at radius 2 is 2.11 bits per heavy atom. The first-order chi connectivity index (χ1) is 9.16. The van der Waals surface area contributed by atoms with E-state index >= 15 is 0 Å². The molecule has 1 aromatic carbocycles. The van der Waals surface area contributed by atoms with Gasteiger partial charge in [-0.3, -0.25) is 0 Å². The summed E-state index contributed by atoms with van der Waals surface area (Å²) >= 11 is 0. The molecule has 0 bridgehead atoms. The molecule has 0 saturated carbocycles. The largest absolute Gasteiger partial charge is 0.389 e. The average molecular weight is 254 g/mol. The van der Waals surface area contributed by atoms with Crippen LogP contribution in [0.25, 0.3) is 0 Å². The van der Waals surface area contributed by atoms with Crippen molar-refractivity contribution in [1.82, 2.24) is 9.97 Å². The summed E-state index contributed by atoms with van der Waals surface area (Å²) in [5, 5.41) is 9.64. The van der Waals surface area contributed by atoms with Gasteiger partial charge in [-0.05, 0) is 37.8 Å². The van der Waals surface area contributed by atoms with Crippen LogP contribution in [0.4, 0.5) is 0 Å². The maximum Gasteiger partial charge on any atom is 0.136 e. The summed E-state index contributed by atoms with van der Waals surface area (Å²) in [4.78, 5) is 9.07. The number of aryl methyl sites for hydroxylation is 2. The fraction of sp³-hybridized carbons (Fsp3) is 0.375. The highest BCUT2D eigenvalue weighted by atomic mass is 16.3. The van der Waals surface area contributed by atoms with Crippen LogP contribution in [0.5, 0.6) is 0 Å². The zero-order chi connectivity index (χ0) is 13.4. The molecular weight excluding hydrogens is 236 g/mol. The van der Waals surface area contributed by atoms with Crippen molar-refractivity contribution in [3.8, 4) is 0 Å². The van der Waals surface area contributed by atoms with E-state index in [-0.39, 0.29) is 0 Å². The summed E-state index contributed by atoms with van der Waals surface area (Å²) in [5.74, 6) is 1.18. The number of nitrogens with zero attached hydrogens (tertiary/aromatic N) is 2. The lowest BCUT2D eigenvalue weighted by Crippen LogP contribution is -2.07. The minimum absolute atomic E-state index is 0.304. The number of benzene rings is 1. The summed E-state index contributed by atoms with van der Waals surface area (Å²) in [5.41, 5.74) is 4.46. The van der Waals surface area contributed by atoms with Gasteiger partial charge in [-0.25, -0.2) is 9.97 Å². The molecule has 3 rings (SSSR count). The van der Waals surface area contributed by atoms with Gasteiger partial charge in [0.1, 0.15) is 5.82 Å². The molecule has 2 aromatic rings. The average Bonchev–Trinajstić information content (AvgIpc) is 2.82. The van der Waals surface area contributed by atoms with Crippen molar-refractivity contribution < 1.29 is 5.11 Å². The van der Waals surface area contributed by atoms with Crippen LogP contribution in [0.15, 0.2) is 30.5 Å². The van der Waals surface area contributed by atoms with Gasteiger partial charge in [0.05, 0.1) is 6.10 Å². The second-order valence-corrected chi connectivity index (χ2v) is 5.24. The molecule has 1 aromatic heterocycles. The molecule has 2 atom stereocenters. The Balaban J connectivity index is 1.99. The molecule has 1 unspecified atom stereocenters. The van der Waals surface area contributed by atoms with Crippen molar-refractivity contribution in [2.75, 3.05) is 0 Å². The maximum absolute atomic E-state index is 9.64. The Bertz CT molecular complexity index is 607. The van der Waals surface area contributed by atoms with E-state index in [9.17, 15) is 5.11 Å².